The Kier molecular flexibility index (Phi) is 4.06. The minimum atomic E-state index is -0.395. The van der Waals surface area contributed by atoms with Gasteiger partial charge >= 0.3 is 0 Å². The monoisotopic (exact) mass is 304 g/mol. The molecule has 0 aromatic heterocycles. The number of anilines is 1. The third kappa shape index (κ3) is 3.06. The second kappa shape index (κ2) is 6.32. The fraction of sp³-hybridized carbons (Fsp3) is 0.0526. The number of benzene rings is 2. The SMILES string of the molecule is Cc1ccccc1/C=C/C=C1/C(=O)NN(c2ccccc2)C1=O. The molecule has 1 aliphatic rings. The first kappa shape index (κ1) is 14.8. The summed E-state index contributed by atoms with van der Waals surface area (Å²) in [6.07, 6.45) is 5.16. The van der Waals surface area contributed by atoms with E-state index in [0.717, 1.165) is 11.1 Å². The molecule has 2 aromatic rings. The molecule has 1 aliphatic heterocycles. The minimum absolute atomic E-state index is 0.124. The van der Waals surface area contributed by atoms with Crippen LogP contribution in [-0.4, -0.2) is 11.8 Å². The molecule has 0 saturated carbocycles. The first-order chi connectivity index (χ1) is 11.2. The average Bonchev–Trinajstić information content (AvgIpc) is 2.85. The number of para-hydroxylation sites is 1. The number of nitrogens with one attached hydrogen (secondary N) is 1. The number of nitrogens with zero attached hydrogens (tertiary/aromatic N) is 1. The van der Waals surface area contributed by atoms with Gasteiger partial charge in [-0.2, -0.15) is 0 Å². The molecular weight excluding hydrogens is 288 g/mol. The molecule has 4 heteroatoms. The van der Waals surface area contributed by atoms with Gasteiger partial charge in [0.25, 0.3) is 11.8 Å². The van der Waals surface area contributed by atoms with Gasteiger partial charge in [-0.05, 0) is 36.3 Å². The number of allylic oxidation sites excluding steroid dienone is 2. The maximum atomic E-state index is 12.4. The van der Waals surface area contributed by atoms with Crippen LogP contribution in [0.25, 0.3) is 6.08 Å². The van der Waals surface area contributed by atoms with Crippen molar-refractivity contribution >= 4 is 23.6 Å². The number of aryl methyl sites for hydroxylation is 1. The number of rotatable bonds is 3. The van der Waals surface area contributed by atoms with Gasteiger partial charge in [-0.3, -0.25) is 15.0 Å². The van der Waals surface area contributed by atoms with E-state index in [2.05, 4.69) is 5.43 Å². The quantitative estimate of drug-likeness (QED) is 0.700. The Labute approximate surface area is 134 Å². The van der Waals surface area contributed by atoms with Gasteiger partial charge in [-0.15, -0.1) is 0 Å². The van der Waals surface area contributed by atoms with Crippen LogP contribution in [0.3, 0.4) is 0 Å². The largest absolute Gasteiger partial charge is 0.282 e. The van der Waals surface area contributed by atoms with E-state index in [1.165, 1.54) is 5.01 Å². The van der Waals surface area contributed by atoms with Crippen molar-refractivity contribution < 1.29 is 9.59 Å². The molecule has 1 fully saturated rings. The van der Waals surface area contributed by atoms with Crippen molar-refractivity contribution in [3.63, 3.8) is 0 Å². The number of carbonyl (C=O) groups excluding carboxylic acids is 2. The summed E-state index contributed by atoms with van der Waals surface area (Å²) >= 11 is 0. The van der Waals surface area contributed by atoms with Gasteiger partial charge in [0.1, 0.15) is 5.57 Å². The highest BCUT2D eigenvalue weighted by Crippen LogP contribution is 2.19. The summed E-state index contributed by atoms with van der Waals surface area (Å²) in [7, 11) is 0. The van der Waals surface area contributed by atoms with E-state index >= 15 is 0 Å². The van der Waals surface area contributed by atoms with Gasteiger partial charge in [0.15, 0.2) is 0 Å². The summed E-state index contributed by atoms with van der Waals surface area (Å²) in [5.74, 6) is -0.746. The number of hydrazine groups is 1. The molecule has 1 N–H and O–H groups in total. The van der Waals surface area contributed by atoms with Crippen molar-refractivity contribution in [1.82, 2.24) is 5.43 Å². The normalized spacial score (nSPS) is 16.4. The summed E-state index contributed by atoms with van der Waals surface area (Å²) in [6.45, 7) is 2.01. The zero-order chi connectivity index (χ0) is 16.2. The van der Waals surface area contributed by atoms with Gasteiger partial charge in [-0.25, -0.2) is 5.01 Å². The van der Waals surface area contributed by atoms with Crippen LogP contribution in [0.4, 0.5) is 5.69 Å². The van der Waals surface area contributed by atoms with E-state index in [9.17, 15) is 9.59 Å². The van der Waals surface area contributed by atoms with E-state index < -0.39 is 5.91 Å². The third-order valence-corrected chi connectivity index (χ3v) is 3.63. The predicted octanol–water partition coefficient (Wildman–Crippen LogP) is 3.01. The highest BCUT2D eigenvalue weighted by atomic mass is 16.2. The molecular formula is C19H16N2O2. The molecule has 2 aromatic carbocycles. The van der Waals surface area contributed by atoms with Gasteiger partial charge in [0, 0.05) is 0 Å². The maximum absolute atomic E-state index is 12.4. The molecule has 3 rings (SSSR count). The number of hydrogen-bond acceptors (Lipinski definition) is 2. The van der Waals surface area contributed by atoms with Crippen molar-refractivity contribution in [2.75, 3.05) is 5.01 Å². The second-order valence-electron chi connectivity index (χ2n) is 5.21. The van der Waals surface area contributed by atoms with Crippen LogP contribution < -0.4 is 10.4 Å². The summed E-state index contributed by atoms with van der Waals surface area (Å²) in [5.41, 5.74) is 5.52. The van der Waals surface area contributed by atoms with E-state index in [1.54, 1.807) is 24.3 Å². The Morgan fingerprint density at radius 1 is 0.957 bits per heavy atom. The lowest BCUT2D eigenvalue weighted by Gasteiger charge is -2.13. The Bertz CT molecular complexity index is 807. The minimum Gasteiger partial charge on any atom is -0.267 e. The molecule has 4 nitrogen and oxygen atoms in total. The van der Waals surface area contributed by atoms with Crippen molar-refractivity contribution in [1.29, 1.82) is 0 Å². The summed E-state index contributed by atoms with van der Waals surface area (Å²) in [6, 6.07) is 16.9. The molecule has 0 spiro atoms. The fourth-order valence-electron chi connectivity index (χ4n) is 2.36. The highest BCUT2D eigenvalue weighted by Gasteiger charge is 2.33. The zero-order valence-electron chi connectivity index (χ0n) is 12.7. The number of carbonyl (C=O) groups is 2. The molecule has 1 heterocycles. The van der Waals surface area contributed by atoms with Crippen molar-refractivity contribution in [2.45, 2.75) is 6.92 Å². The summed E-state index contributed by atoms with van der Waals surface area (Å²) in [4.78, 5) is 24.4. The van der Waals surface area contributed by atoms with Crippen LogP contribution in [0, 0.1) is 6.92 Å². The average molecular weight is 304 g/mol. The molecule has 0 aliphatic carbocycles. The molecule has 0 unspecified atom stereocenters. The summed E-state index contributed by atoms with van der Waals surface area (Å²) < 4.78 is 0. The van der Waals surface area contributed by atoms with E-state index in [1.807, 2.05) is 55.5 Å². The molecule has 114 valence electrons. The third-order valence-electron chi connectivity index (χ3n) is 3.63. The van der Waals surface area contributed by atoms with E-state index in [0.29, 0.717) is 5.69 Å². The molecule has 2 amide bonds. The van der Waals surface area contributed by atoms with Crippen LogP contribution in [-0.2, 0) is 9.59 Å². The van der Waals surface area contributed by atoms with Crippen LogP contribution in [0.5, 0.6) is 0 Å². The van der Waals surface area contributed by atoms with Gasteiger partial charge < -0.3 is 0 Å². The topological polar surface area (TPSA) is 49.4 Å². The van der Waals surface area contributed by atoms with E-state index in [4.69, 9.17) is 0 Å². The number of hydrogen-bond donors (Lipinski definition) is 1. The van der Waals surface area contributed by atoms with Crippen LogP contribution in [0.1, 0.15) is 11.1 Å². The predicted molar refractivity (Wildman–Crippen MR) is 90.4 cm³/mol. The highest BCUT2D eigenvalue weighted by molar-refractivity contribution is 6.29. The lowest BCUT2D eigenvalue weighted by Crippen LogP contribution is -2.35. The number of amides is 2. The Hall–Kier alpha value is -3.14. The standard InChI is InChI=1S/C19H16N2O2/c1-14-8-5-6-9-15(14)10-7-13-17-18(22)20-21(19(17)23)16-11-3-2-4-12-16/h2-13H,1H3,(H,20,22)/b10-7+,17-13-. The Morgan fingerprint density at radius 2 is 1.65 bits per heavy atom. The molecule has 0 radical (unpaired) electrons. The summed E-state index contributed by atoms with van der Waals surface area (Å²) in [5, 5.41) is 1.26. The molecule has 23 heavy (non-hydrogen) atoms. The van der Waals surface area contributed by atoms with Crippen molar-refractivity contribution in [3.05, 3.63) is 83.4 Å². The lowest BCUT2D eigenvalue weighted by molar-refractivity contribution is -0.117. The van der Waals surface area contributed by atoms with E-state index in [-0.39, 0.29) is 11.5 Å². The van der Waals surface area contributed by atoms with Crippen LogP contribution >= 0.6 is 0 Å². The van der Waals surface area contributed by atoms with Gasteiger partial charge in [0.05, 0.1) is 5.69 Å². The van der Waals surface area contributed by atoms with Gasteiger partial charge in [-0.1, -0.05) is 54.6 Å². The van der Waals surface area contributed by atoms with Gasteiger partial charge in [0.2, 0.25) is 0 Å². The second-order valence-corrected chi connectivity index (χ2v) is 5.21. The molecule has 0 atom stereocenters. The molecule has 1 saturated heterocycles. The van der Waals surface area contributed by atoms with Crippen molar-refractivity contribution in [2.24, 2.45) is 0 Å². The van der Waals surface area contributed by atoms with Crippen molar-refractivity contribution in [3.8, 4) is 0 Å². The fourth-order valence-corrected chi connectivity index (χ4v) is 2.36. The smallest absolute Gasteiger partial charge is 0.267 e. The Balaban J connectivity index is 1.82. The molecule has 0 bridgehead atoms. The Morgan fingerprint density at radius 3 is 2.39 bits per heavy atom. The van der Waals surface area contributed by atoms with Crippen LogP contribution in [0.15, 0.2) is 72.3 Å². The lowest BCUT2D eigenvalue weighted by atomic mass is 10.1. The maximum Gasteiger partial charge on any atom is 0.282 e. The zero-order valence-corrected chi connectivity index (χ0v) is 12.7. The first-order valence-corrected chi connectivity index (χ1v) is 7.31. The van der Waals surface area contributed by atoms with Crippen LogP contribution in [0.2, 0.25) is 0 Å². The first-order valence-electron chi connectivity index (χ1n) is 7.31.